The Kier molecular flexibility index (Phi) is 5.62. The highest BCUT2D eigenvalue weighted by atomic mass is 19.1. The molecule has 0 amide bonds. The fourth-order valence-corrected chi connectivity index (χ4v) is 5.02. The first-order valence-electron chi connectivity index (χ1n) is 11.9. The minimum absolute atomic E-state index is 0.127. The van der Waals surface area contributed by atoms with Crippen LogP contribution in [0.2, 0.25) is 0 Å². The van der Waals surface area contributed by atoms with Crippen LogP contribution in [0.1, 0.15) is 67.6 Å². The molecule has 2 aromatic heterocycles. The Morgan fingerprint density at radius 3 is 2.72 bits per heavy atom. The highest BCUT2D eigenvalue weighted by Crippen LogP contribution is 2.37. The molecule has 0 bridgehead atoms. The lowest BCUT2D eigenvalue weighted by Crippen LogP contribution is -2.37. The maximum atomic E-state index is 14.2. The quantitative estimate of drug-likeness (QED) is 0.512. The van der Waals surface area contributed by atoms with Crippen molar-refractivity contribution in [2.24, 2.45) is 0 Å². The molecule has 4 heterocycles. The summed E-state index contributed by atoms with van der Waals surface area (Å²) >= 11 is 0. The molecule has 0 aliphatic carbocycles. The average molecular weight is 434 g/mol. The third-order valence-corrected chi connectivity index (χ3v) is 6.88. The zero-order valence-corrected chi connectivity index (χ0v) is 19.1. The molecule has 6 heteroatoms. The normalized spacial score (nSPS) is 18.8. The molecule has 1 unspecified atom stereocenters. The number of anilines is 1. The highest BCUT2D eigenvalue weighted by molar-refractivity contribution is 5.66. The van der Waals surface area contributed by atoms with E-state index < -0.39 is 0 Å². The summed E-state index contributed by atoms with van der Waals surface area (Å²) in [5.74, 6) is 0.835. The molecule has 1 aromatic carbocycles. The SMILES string of the molecule is C=C(c1cc(F)ccc1CCC)N1CCCCC1c1cc2nc(N3CCC3)cc(C)n2n1. The van der Waals surface area contributed by atoms with E-state index in [2.05, 4.69) is 42.4 Å². The molecular weight excluding hydrogens is 401 g/mol. The molecule has 0 N–H and O–H groups in total. The van der Waals surface area contributed by atoms with Gasteiger partial charge in [0.2, 0.25) is 0 Å². The Labute approximate surface area is 189 Å². The lowest BCUT2D eigenvalue weighted by Gasteiger charge is -2.38. The number of piperidine rings is 1. The van der Waals surface area contributed by atoms with Gasteiger partial charge in [-0.3, -0.25) is 0 Å². The summed E-state index contributed by atoms with van der Waals surface area (Å²) in [7, 11) is 0. The molecule has 5 nitrogen and oxygen atoms in total. The maximum absolute atomic E-state index is 14.2. The van der Waals surface area contributed by atoms with Gasteiger partial charge in [-0.05, 0) is 56.7 Å². The highest BCUT2D eigenvalue weighted by Gasteiger charge is 2.29. The second-order valence-electron chi connectivity index (χ2n) is 9.14. The molecule has 168 valence electrons. The van der Waals surface area contributed by atoms with E-state index in [0.29, 0.717) is 0 Å². The lowest BCUT2D eigenvalue weighted by atomic mass is 9.94. The fourth-order valence-electron chi connectivity index (χ4n) is 5.02. The maximum Gasteiger partial charge on any atom is 0.157 e. The molecule has 0 spiro atoms. The number of fused-ring (bicyclic) bond motifs is 1. The third kappa shape index (κ3) is 3.76. The van der Waals surface area contributed by atoms with E-state index in [-0.39, 0.29) is 11.9 Å². The number of halogens is 1. The van der Waals surface area contributed by atoms with Crippen molar-refractivity contribution in [1.29, 1.82) is 0 Å². The van der Waals surface area contributed by atoms with Gasteiger partial charge in [0.05, 0.1) is 11.7 Å². The van der Waals surface area contributed by atoms with E-state index in [1.165, 1.54) is 6.42 Å². The van der Waals surface area contributed by atoms with Crippen molar-refractivity contribution < 1.29 is 4.39 Å². The number of benzene rings is 1. The summed E-state index contributed by atoms with van der Waals surface area (Å²) in [4.78, 5) is 9.54. The summed E-state index contributed by atoms with van der Waals surface area (Å²) < 4.78 is 16.1. The molecule has 2 aliphatic rings. The van der Waals surface area contributed by atoms with Crippen LogP contribution in [0.15, 0.2) is 36.9 Å². The van der Waals surface area contributed by atoms with E-state index in [1.807, 2.05) is 10.6 Å². The number of likely N-dealkylation sites (tertiary alicyclic amines) is 1. The summed E-state index contributed by atoms with van der Waals surface area (Å²) in [5, 5.41) is 4.96. The minimum atomic E-state index is -0.208. The van der Waals surface area contributed by atoms with E-state index in [0.717, 1.165) is 91.4 Å². The first-order chi connectivity index (χ1) is 15.5. The van der Waals surface area contributed by atoms with Crippen LogP contribution in [-0.2, 0) is 6.42 Å². The molecule has 32 heavy (non-hydrogen) atoms. The van der Waals surface area contributed by atoms with Crippen LogP contribution in [0, 0.1) is 12.7 Å². The first-order valence-corrected chi connectivity index (χ1v) is 11.9. The van der Waals surface area contributed by atoms with Crippen molar-refractivity contribution in [3.63, 3.8) is 0 Å². The van der Waals surface area contributed by atoms with Crippen LogP contribution in [0.4, 0.5) is 10.2 Å². The number of aromatic nitrogens is 3. The molecule has 1 atom stereocenters. The second kappa shape index (κ2) is 8.57. The summed E-state index contributed by atoms with van der Waals surface area (Å²) in [6, 6.07) is 9.50. The molecular formula is C26H32FN5. The Balaban J connectivity index is 1.50. The van der Waals surface area contributed by atoms with Gasteiger partial charge < -0.3 is 9.80 Å². The van der Waals surface area contributed by atoms with E-state index >= 15 is 0 Å². The third-order valence-electron chi connectivity index (χ3n) is 6.88. The van der Waals surface area contributed by atoms with Crippen LogP contribution in [0.5, 0.6) is 0 Å². The van der Waals surface area contributed by atoms with Crippen molar-refractivity contribution in [3.8, 4) is 0 Å². The Hall–Kier alpha value is -2.89. The van der Waals surface area contributed by atoms with Crippen molar-refractivity contribution in [2.75, 3.05) is 24.5 Å². The largest absolute Gasteiger partial charge is 0.363 e. The number of nitrogens with zero attached hydrogens (tertiary/aromatic N) is 5. The number of aryl methyl sites for hydroxylation is 2. The molecule has 0 saturated carbocycles. The molecule has 5 rings (SSSR count). The summed E-state index contributed by atoms with van der Waals surface area (Å²) in [6.07, 6.45) is 6.45. The van der Waals surface area contributed by atoms with Gasteiger partial charge in [0.1, 0.15) is 11.6 Å². The van der Waals surface area contributed by atoms with Gasteiger partial charge in [0, 0.05) is 48.7 Å². The van der Waals surface area contributed by atoms with E-state index in [9.17, 15) is 4.39 Å². The van der Waals surface area contributed by atoms with Gasteiger partial charge in [-0.25, -0.2) is 13.9 Å². The predicted molar refractivity (Wildman–Crippen MR) is 127 cm³/mol. The van der Waals surface area contributed by atoms with Gasteiger partial charge >= 0.3 is 0 Å². The van der Waals surface area contributed by atoms with Gasteiger partial charge in [0.25, 0.3) is 0 Å². The van der Waals surface area contributed by atoms with Crippen LogP contribution in [0.3, 0.4) is 0 Å². The van der Waals surface area contributed by atoms with Gasteiger partial charge in [-0.15, -0.1) is 0 Å². The van der Waals surface area contributed by atoms with Crippen molar-refractivity contribution >= 4 is 17.2 Å². The number of hydrogen-bond acceptors (Lipinski definition) is 4. The monoisotopic (exact) mass is 433 g/mol. The van der Waals surface area contributed by atoms with Gasteiger partial charge in [0.15, 0.2) is 5.65 Å². The Morgan fingerprint density at radius 2 is 1.97 bits per heavy atom. The van der Waals surface area contributed by atoms with Crippen LogP contribution in [-0.4, -0.2) is 39.1 Å². The first kappa shape index (κ1) is 21.0. The van der Waals surface area contributed by atoms with Crippen molar-refractivity contribution in [2.45, 2.75) is 58.4 Å². The molecule has 2 saturated heterocycles. The zero-order chi connectivity index (χ0) is 22.2. The molecule has 3 aromatic rings. The molecule has 2 aliphatic heterocycles. The Bertz CT molecular complexity index is 1150. The lowest BCUT2D eigenvalue weighted by molar-refractivity contribution is 0.226. The van der Waals surface area contributed by atoms with Crippen LogP contribution < -0.4 is 4.90 Å². The molecule has 0 radical (unpaired) electrons. The summed E-state index contributed by atoms with van der Waals surface area (Å²) in [5.41, 5.74) is 6.01. The smallest absolute Gasteiger partial charge is 0.157 e. The van der Waals surface area contributed by atoms with Gasteiger partial charge in [-0.1, -0.05) is 26.0 Å². The van der Waals surface area contributed by atoms with E-state index in [4.69, 9.17) is 10.1 Å². The molecule has 2 fully saturated rings. The predicted octanol–water partition coefficient (Wildman–Crippen LogP) is 5.54. The van der Waals surface area contributed by atoms with Crippen molar-refractivity contribution in [3.05, 3.63) is 65.2 Å². The van der Waals surface area contributed by atoms with Crippen molar-refractivity contribution in [1.82, 2.24) is 19.5 Å². The standard InChI is InChI=1S/C26H32FN5/c1-4-8-20-10-11-21(27)16-22(20)19(3)31-14-6-5-9-24(31)23-17-26-28-25(30-12-7-13-30)15-18(2)32(26)29-23/h10-11,15-17,24H,3-9,12-14H2,1-2H3. The second-order valence-corrected chi connectivity index (χ2v) is 9.14. The topological polar surface area (TPSA) is 36.7 Å². The summed E-state index contributed by atoms with van der Waals surface area (Å²) in [6.45, 7) is 11.7. The Morgan fingerprint density at radius 1 is 1.12 bits per heavy atom. The van der Waals surface area contributed by atoms with Crippen LogP contribution >= 0.6 is 0 Å². The zero-order valence-electron chi connectivity index (χ0n) is 19.1. The number of hydrogen-bond donors (Lipinski definition) is 0. The number of rotatable bonds is 6. The van der Waals surface area contributed by atoms with E-state index in [1.54, 1.807) is 12.1 Å². The minimum Gasteiger partial charge on any atom is -0.363 e. The fraction of sp³-hybridized carbons (Fsp3) is 0.462. The van der Waals surface area contributed by atoms with Gasteiger partial charge in [-0.2, -0.15) is 5.10 Å². The van der Waals surface area contributed by atoms with Crippen LogP contribution in [0.25, 0.3) is 11.3 Å². The average Bonchev–Trinajstić information content (AvgIpc) is 3.18.